The minimum absolute atomic E-state index is 0.346. The molecule has 0 aliphatic rings. The summed E-state index contributed by atoms with van der Waals surface area (Å²) in [7, 11) is -3.55. The van der Waals surface area contributed by atoms with Gasteiger partial charge >= 0.3 is 6.09 Å². The third-order valence-corrected chi connectivity index (χ3v) is 3.40. The van der Waals surface area contributed by atoms with Gasteiger partial charge < -0.3 is 10.1 Å². The smallest absolute Gasteiger partial charge is 0.407 e. The van der Waals surface area contributed by atoms with Crippen molar-refractivity contribution < 1.29 is 22.1 Å². The van der Waals surface area contributed by atoms with Crippen molar-refractivity contribution in [2.24, 2.45) is 0 Å². The van der Waals surface area contributed by atoms with Crippen LogP contribution in [0.2, 0.25) is 0 Å². The molecule has 0 saturated carbocycles. The van der Waals surface area contributed by atoms with E-state index in [0.717, 1.165) is 17.4 Å². The number of nitrogens with zero attached hydrogens (tertiary/aromatic N) is 1. The van der Waals surface area contributed by atoms with E-state index in [0.29, 0.717) is 13.0 Å². The lowest BCUT2D eigenvalue weighted by molar-refractivity contribution is 0.0528. The van der Waals surface area contributed by atoms with E-state index in [1.807, 2.05) is 0 Å². The second-order valence-electron chi connectivity index (χ2n) is 6.20. The molecule has 8 heteroatoms. The van der Waals surface area contributed by atoms with Crippen LogP contribution in [0.5, 0.6) is 0 Å². The first-order chi connectivity index (χ1) is 10.5. The third kappa shape index (κ3) is 7.94. The summed E-state index contributed by atoms with van der Waals surface area (Å²) < 4.78 is 32.6. The summed E-state index contributed by atoms with van der Waals surface area (Å²) in [5.74, 6) is 0. The Balaban J connectivity index is 2.66. The number of hydrogen-bond acceptors (Lipinski definition) is 6. The van der Waals surface area contributed by atoms with Gasteiger partial charge in [0.2, 0.25) is 0 Å². The minimum atomic E-state index is -3.55. The summed E-state index contributed by atoms with van der Waals surface area (Å²) in [5.41, 5.74) is 0.970. The van der Waals surface area contributed by atoms with E-state index in [4.69, 9.17) is 8.92 Å². The highest BCUT2D eigenvalue weighted by atomic mass is 32.2. The quantitative estimate of drug-likeness (QED) is 0.795. The molecule has 23 heavy (non-hydrogen) atoms. The molecular weight excluding hydrogens is 320 g/mol. The van der Waals surface area contributed by atoms with Gasteiger partial charge in [-0.15, -0.1) is 0 Å². The first-order valence-corrected chi connectivity index (χ1v) is 9.07. The van der Waals surface area contributed by atoms with Crippen molar-refractivity contribution >= 4 is 16.2 Å². The molecule has 0 aromatic carbocycles. The van der Waals surface area contributed by atoms with Crippen LogP contribution in [0, 0.1) is 0 Å². The average molecular weight is 344 g/mol. The second-order valence-corrected chi connectivity index (χ2v) is 7.80. The number of ether oxygens (including phenoxy) is 1. The molecule has 7 nitrogen and oxygen atoms in total. The topological polar surface area (TPSA) is 94.6 Å². The van der Waals surface area contributed by atoms with Gasteiger partial charge in [0.25, 0.3) is 10.1 Å². The second kappa shape index (κ2) is 7.74. The van der Waals surface area contributed by atoms with Gasteiger partial charge in [0.05, 0.1) is 12.4 Å². The minimum Gasteiger partial charge on any atom is -0.444 e. The molecule has 0 fully saturated rings. The molecule has 1 aromatic heterocycles. The van der Waals surface area contributed by atoms with Crippen molar-refractivity contribution in [2.45, 2.75) is 45.8 Å². The summed E-state index contributed by atoms with van der Waals surface area (Å²) in [4.78, 5) is 15.6. The standard InChI is InChI=1S/C15H24N2O5S/c1-11(22-23(5,19)20)13-7-8-16-10-12(13)6-9-17-14(18)21-15(2,3)4/h7-8,10-11H,6,9H2,1-5H3,(H,17,18). The molecule has 1 atom stereocenters. The Hall–Kier alpha value is -1.67. The number of carbonyl (C=O) groups excluding carboxylic acids is 1. The van der Waals surface area contributed by atoms with Gasteiger partial charge in [-0.3, -0.25) is 9.17 Å². The predicted molar refractivity (Wildman–Crippen MR) is 86.5 cm³/mol. The lowest BCUT2D eigenvalue weighted by Gasteiger charge is -2.20. The highest BCUT2D eigenvalue weighted by molar-refractivity contribution is 7.86. The van der Waals surface area contributed by atoms with E-state index in [1.54, 1.807) is 46.2 Å². The summed E-state index contributed by atoms with van der Waals surface area (Å²) in [5, 5.41) is 2.65. The summed E-state index contributed by atoms with van der Waals surface area (Å²) in [6, 6.07) is 1.71. The Morgan fingerprint density at radius 1 is 1.39 bits per heavy atom. The van der Waals surface area contributed by atoms with Crippen LogP contribution >= 0.6 is 0 Å². The predicted octanol–water partition coefficient (Wildman–Crippen LogP) is 2.19. The fraction of sp³-hybridized carbons (Fsp3) is 0.600. The van der Waals surface area contributed by atoms with Crippen molar-refractivity contribution in [1.82, 2.24) is 10.3 Å². The van der Waals surface area contributed by atoms with Crippen LogP contribution in [0.15, 0.2) is 18.5 Å². The molecule has 1 amide bonds. The Kier molecular flexibility index (Phi) is 6.52. The number of carbonyl (C=O) groups is 1. The first kappa shape index (κ1) is 19.4. The van der Waals surface area contributed by atoms with Crippen molar-refractivity contribution in [2.75, 3.05) is 12.8 Å². The average Bonchev–Trinajstić information content (AvgIpc) is 2.35. The van der Waals surface area contributed by atoms with Crippen molar-refractivity contribution in [3.63, 3.8) is 0 Å². The van der Waals surface area contributed by atoms with Crippen LogP contribution in [0.3, 0.4) is 0 Å². The highest BCUT2D eigenvalue weighted by Crippen LogP contribution is 2.22. The molecule has 0 aliphatic heterocycles. The maximum Gasteiger partial charge on any atom is 0.407 e. The molecule has 1 aromatic rings. The summed E-state index contributed by atoms with van der Waals surface area (Å²) >= 11 is 0. The molecule has 0 radical (unpaired) electrons. The van der Waals surface area contributed by atoms with Crippen LogP contribution in [0.1, 0.15) is 44.9 Å². The molecular formula is C15H24N2O5S. The van der Waals surface area contributed by atoms with Crippen molar-refractivity contribution in [3.8, 4) is 0 Å². The lowest BCUT2D eigenvalue weighted by atomic mass is 10.0. The Morgan fingerprint density at radius 2 is 2.04 bits per heavy atom. The molecule has 1 rings (SSSR count). The van der Waals surface area contributed by atoms with Gasteiger partial charge in [-0.05, 0) is 51.3 Å². The van der Waals surface area contributed by atoms with Gasteiger partial charge in [-0.2, -0.15) is 8.42 Å². The zero-order valence-electron chi connectivity index (χ0n) is 14.1. The molecule has 0 aliphatic carbocycles. The first-order valence-electron chi connectivity index (χ1n) is 7.26. The number of hydrogen-bond donors (Lipinski definition) is 1. The lowest BCUT2D eigenvalue weighted by Crippen LogP contribution is -2.33. The maximum atomic E-state index is 11.6. The van der Waals surface area contributed by atoms with Crippen molar-refractivity contribution in [3.05, 3.63) is 29.6 Å². The number of rotatable bonds is 6. The number of alkyl carbamates (subject to hydrolysis) is 1. The Morgan fingerprint density at radius 3 is 2.61 bits per heavy atom. The largest absolute Gasteiger partial charge is 0.444 e. The fourth-order valence-corrected chi connectivity index (χ4v) is 2.60. The normalized spacial score (nSPS) is 13.4. The molecule has 0 spiro atoms. The summed E-state index contributed by atoms with van der Waals surface area (Å²) in [6.45, 7) is 7.36. The van der Waals surface area contributed by atoms with E-state index < -0.39 is 27.9 Å². The van der Waals surface area contributed by atoms with E-state index in [-0.39, 0.29) is 0 Å². The highest BCUT2D eigenvalue weighted by Gasteiger charge is 2.18. The van der Waals surface area contributed by atoms with Crippen molar-refractivity contribution in [1.29, 1.82) is 0 Å². The maximum absolute atomic E-state index is 11.6. The number of aromatic nitrogens is 1. The van der Waals surface area contributed by atoms with Crippen LogP contribution in [0.25, 0.3) is 0 Å². The van der Waals surface area contributed by atoms with Crippen LogP contribution < -0.4 is 5.32 Å². The fourth-order valence-electron chi connectivity index (χ4n) is 1.97. The molecule has 0 bridgehead atoms. The monoisotopic (exact) mass is 344 g/mol. The molecule has 0 saturated heterocycles. The van der Waals surface area contributed by atoms with Crippen LogP contribution in [-0.4, -0.2) is 37.9 Å². The van der Waals surface area contributed by atoms with Gasteiger partial charge in [-0.25, -0.2) is 4.79 Å². The van der Waals surface area contributed by atoms with Gasteiger partial charge in [0.15, 0.2) is 0 Å². The Labute approximate surface area is 137 Å². The van der Waals surface area contributed by atoms with E-state index >= 15 is 0 Å². The van der Waals surface area contributed by atoms with Gasteiger partial charge in [0.1, 0.15) is 5.60 Å². The number of pyridine rings is 1. The molecule has 1 N–H and O–H groups in total. The third-order valence-electron chi connectivity index (χ3n) is 2.76. The zero-order valence-corrected chi connectivity index (χ0v) is 14.9. The van der Waals surface area contributed by atoms with Crippen LogP contribution in [-0.2, 0) is 25.5 Å². The zero-order chi connectivity index (χ0) is 17.7. The summed E-state index contributed by atoms with van der Waals surface area (Å²) in [6.07, 6.45) is 3.58. The van der Waals surface area contributed by atoms with E-state index in [1.165, 1.54) is 0 Å². The van der Waals surface area contributed by atoms with E-state index in [2.05, 4.69) is 10.3 Å². The SMILES string of the molecule is CC(OS(C)(=O)=O)c1ccncc1CCNC(=O)OC(C)(C)C. The van der Waals surface area contributed by atoms with Gasteiger partial charge in [0, 0.05) is 18.9 Å². The molecule has 130 valence electrons. The molecule has 1 unspecified atom stereocenters. The number of amides is 1. The number of nitrogens with one attached hydrogen (secondary N) is 1. The van der Waals surface area contributed by atoms with E-state index in [9.17, 15) is 13.2 Å². The van der Waals surface area contributed by atoms with Gasteiger partial charge in [-0.1, -0.05) is 0 Å². The Bertz CT molecular complexity index is 638. The molecule has 1 heterocycles. The van der Waals surface area contributed by atoms with Crippen LogP contribution in [0.4, 0.5) is 4.79 Å².